The molecule has 1 heterocycles. The molecule has 1 aromatic rings. The fourth-order valence-electron chi connectivity index (χ4n) is 8.03. The fraction of sp³-hybridized carbons (Fsp3) is 0.903. The van der Waals surface area contributed by atoms with Gasteiger partial charge in [-0.15, -0.1) is 0 Å². The monoisotopic (exact) mass is 534 g/mol. The lowest BCUT2D eigenvalue weighted by atomic mass is 9.53. The van der Waals surface area contributed by atoms with Gasteiger partial charge in [-0.25, -0.2) is 9.13 Å². The molecule has 4 bridgehead atoms. The summed E-state index contributed by atoms with van der Waals surface area (Å²) in [6.45, 7) is 3.53. The molecule has 34 heavy (non-hydrogen) atoms. The number of rotatable bonds is 18. The number of aryl methyl sites for hydroxylation is 1. The highest BCUT2D eigenvalue weighted by Gasteiger charge is 2.54. The fourth-order valence-corrected chi connectivity index (χ4v) is 8.03. The van der Waals surface area contributed by atoms with E-state index < -0.39 is 0 Å². The maximum absolute atomic E-state index is 2.66. The molecule has 0 aromatic carbocycles. The summed E-state index contributed by atoms with van der Waals surface area (Å²) in [4.78, 5) is 0. The van der Waals surface area contributed by atoms with E-state index in [1.165, 1.54) is 129 Å². The molecule has 0 N–H and O–H groups in total. The molecule has 0 spiro atoms. The highest BCUT2D eigenvalue weighted by molar-refractivity contribution is 5.05. The van der Waals surface area contributed by atoms with Gasteiger partial charge in [-0.05, 0) is 69.1 Å². The predicted molar refractivity (Wildman–Crippen MR) is 140 cm³/mol. The van der Waals surface area contributed by atoms with Crippen molar-refractivity contribution in [1.29, 1.82) is 0 Å². The molecule has 1 aromatic heterocycles. The Hall–Kier alpha value is -0.310. The average molecular weight is 536 g/mol. The standard InChI is InChI=1S/C31H55N2.BrH/c1-2-3-4-5-6-7-8-9-10-11-12-13-14-15-16-17-18-32-19-20-33(27-32)31-24-28-21-29(25-31)23-30(22-28)26-31;/h19-20,27-30H,2-18,21-26H2,1H3;1H/q+1;/p-1. The third kappa shape index (κ3) is 8.38. The second-order valence-electron chi connectivity index (χ2n) is 12.5. The van der Waals surface area contributed by atoms with Crippen LogP contribution in [0.4, 0.5) is 0 Å². The van der Waals surface area contributed by atoms with Crippen LogP contribution in [0.3, 0.4) is 0 Å². The van der Waals surface area contributed by atoms with E-state index in [1.54, 1.807) is 19.3 Å². The molecular weight excluding hydrogens is 480 g/mol. The summed E-state index contributed by atoms with van der Waals surface area (Å²) < 4.78 is 5.15. The third-order valence-electron chi connectivity index (χ3n) is 9.51. The van der Waals surface area contributed by atoms with Gasteiger partial charge in [-0.1, -0.05) is 96.8 Å². The molecule has 0 aliphatic heterocycles. The first-order chi connectivity index (χ1) is 16.3. The van der Waals surface area contributed by atoms with Gasteiger partial charge >= 0.3 is 0 Å². The van der Waals surface area contributed by atoms with Gasteiger partial charge in [0.05, 0.1) is 6.54 Å². The average Bonchev–Trinajstić information content (AvgIpc) is 3.28. The van der Waals surface area contributed by atoms with Crippen LogP contribution in [0.5, 0.6) is 0 Å². The molecule has 0 radical (unpaired) electrons. The largest absolute Gasteiger partial charge is 1.00 e. The van der Waals surface area contributed by atoms with E-state index in [4.69, 9.17) is 0 Å². The Balaban J connectivity index is 0.00000324. The maximum atomic E-state index is 2.66. The summed E-state index contributed by atoms with van der Waals surface area (Å²) in [5.41, 5.74) is 0.495. The highest BCUT2D eigenvalue weighted by atomic mass is 79.9. The minimum atomic E-state index is 0. The third-order valence-corrected chi connectivity index (χ3v) is 9.51. The van der Waals surface area contributed by atoms with Gasteiger partial charge in [-0.3, -0.25) is 0 Å². The Morgan fingerprint density at radius 1 is 0.647 bits per heavy atom. The molecular formula is C31H55BrN2. The van der Waals surface area contributed by atoms with Crippen molar-refractivity contribution >= 4 is 0 Å². The van der Waals surface area contributed by atoms with E-state index in [9.17, 15) is 0 Å². The van der Waals surface area contributed by atoms with Crippen LogP contribution < -0.4 is 21.5 Å². The maximum Gasteiger partial charge on any atom is 0.244 e. The van der Waals surface area contributed by atoms with Gasteiger partial charge in [0.1, 0.15) is 17.9 Å². The zero-order chi connectivity index (χ0) is 22.8. The topological polar surface area (TPSA) is 8.81 Å². The summed E-state index contributed by atoms with van der Waals surface area (Å²) in [7, 11) is 0. The second kappa shape index (κ2) is 15.1. The molecule has 0 saturated heterocycles. The van der Waals surface area contributed by atoms with Crippen LogP contribution in [0.2, 0.25) is 0 Å². The molecule has 196 valence electrons. The second-order valence-corrected chi connectivity index (χ2v) is 12.5. The van der Waals surface area contributed by atoms with Crippen molar-refractivity contribution in [1.82, 2.24) is 4.57 Å². The molecule has 5 rings (SSSR count). The van der Waals surface area contributed by atoms with Crippen molar-refractivity contribution in [2.45, 2.75) is 160 Å². The van der Waals surface area contributed by atoms with Gasteiger partial charge in [-0.2, -0.15) is 0 Å². The molecule has 4 fully saturated rings. The van der Waals surface area contributed by atoms with E-state index in [2.05, 4.69) is 34.8 Å². The highest BCUT2D eigenvalue weighted by Crippen LogP contribution is 2.58. The van der Waals surface area contributed by atoms with Crippen LogP contribution in [0.15, 0.2) is 18.7 Å². The van der Waals surface area contributed by atoms with Crippen LogP contribution >= 0.6 is 0 Å². The number of imidazole rings is 1. The van der Waals surface area contributed by atoms with E-state index in [-0.39, 0.29) is 17.0 Å². The van der Waals surface area contributed by atoms with E-state index >= 15 is 0 Å². The van der Waals surface area contributed by atoms with E-state index in [1.807, 2.05) is 0 Å². The Bertz CT molecular complexity index is 631. The molecule has 3 heteroatoms. The van der Waals surface area contributed by atoms with Gasteiger partial charge in [0, 0.05) is 0 Å². The molecule has 4 aliphatic carbocycles. The first kappa shape index (κ1) is 28.3. The summed E-state index contributed by atoms with van der Waals surface area (Å²) in [5, 5.41) is 0. The lowest BCUT2D eigenvalue weighted by molar-refractivity contribution is -0.697. The van der Waals surface area contributed by atoms with Crippen molar-refractivity contribution in [3.8, 4) is 0 Å². The Morgan fingerprint density at radius 2 is 1.06 bits per heavy atom. The predicted octanol–water partition coefficient (Wildman–Crippen LogP) is 5.97. The smallest absolute Gasteiger partial charge is 0.244 e. The lowest BCUT2D eigenvalue weighted by Gasteiger charge is -2.54. The molecule has 0 atom stereocenters. The lowest BCUT2D eigenvalue weighted by Crippen LogP contribution is -3.00. The van der Waals surface area contributed by atoms with Crippen molar-refractivity contribution in [2.75, 3.05) is 0 Å². The first-order valence-electron chi connectivity index (χ1n) is 15.3. The normalized spacial score (nSPS) is 27.3. The quantitative estimate of drug-likeness (QED) is 0.162. The molecule has 0 amide bonds. The zero-order valence-corrected chi connectivity index (χ0v) is 24.1. The van der Waals surface area contributed by atoms with Crippen molar-refractivity contribution in [3.05, 3.63) is 18.7 Å². The van der Waals surface area contributed by atoms with Gasteiger partial charge in [0.25, 0.3) is 0 Å². The Kier molecular flexibility index (Phi) is 12.5. The zero-order valence-electron chi connectivity index (χ0n) is 22.5. The minimum Gasteiger partial charge on any atom is -1.00 e. The molecule has 4 saturated carbocycles. The van der Waals surface area contributed by atoms with Crippen molar-refractivity contribution < 1.29 is 21.5 Å². The number of unbranched alkanes of at least 4 members (excludes halogenated alkanes) is 15. The van der Waals surface area contributed by atoms with E-state index in [0.717, 1.165) is 17.8 Å². The van der Waals surface area contributed by atoms with Crippen LogP contribution in [0.1, 0.15) is 148 Å². The SMILES string of the molecule is CCCCCCCCCCCCCCCCCC[n+]1ccn(C23CC4CC(CC(C4)C2)C3)c1.[Br-]. The van der Waals surface area contributed by atoms with Gasteiger partial charge < -0.3 is 17.0 Å². The summed E-state index contributed by atoms with van der Waals surface area (Å²) in [5.74, 6) is 3.10. The van der Waals surface area contributed by atoms with Crippen LogP contribution in [0.25, 0.3) is 0 Å². The molecule has 2 nitrogen and oxygen atoms in total. The van der Waals surface area contributed by atoms with Crippen molar-refractivity contribution in [2.24, 2.45) is 17.8 Å². The molecule has 4 aliphatic rings. The van der Waals surface area contributed by atoms with Crippen LogP contribution in [-0.4, -0.2) is 4.57 Å². The van der Waals surface area contributed by atoms with Crippen molar-refractivity contribution in [3.63, 3.8) is 0 Å². The number of hydrogen-bond donors (Lipinski definition) is 0. The summed E-state index contributed by atoms with van der Waals surface area (Å²) in [6.07, 6.45) is 39.5. The van der Waals surface area contributed by atoms with Crippen LogP contribution in [-0.2, 0) is 12.1 Å². The number of hydrogen-bond acceptors (Lipinski definition) is 0. The summed E-state index contributed by atoms with van der Waals surface area (Å²) >= 11 is 0. The van der Waals surface area contributed by atoms with E-state index in [0.29, 0.717) is 5.54 Å². The van der Waals surface area contributed by atoms with Crippen LogP contribution in [0, 0.1) is 17.8 Å². The minimum absolute atomic E-state index is 0. The number of aromatic nitrogens is 2. The Labute approximate surface area is 222 Å². The molecule has 0 unspecified atom stereocenters. The summed E-state index contributed by atoms with van der Waals surface area (Å²) in [6, 6.07) is 0. The first-order valence-corrected chi connectivity index (χ1v) is 15.3. The number of nitrogens with zero attached hydrogens (tertiary/aromatic N) is 2. The van der Waals surface area contributed by atoms with Gasteiger partial charge in [0.2, 0.25) is 6.33 Å². The number of halogens is 1. The Morgan fingerprint density at radius 3 is 1.50 bits per heavy atom. The van der Waals surface area contributed by atoms with Gasteiger partial charge in [0.15, 0.2) is 0 Å².